The number of carbonyl (C=O) groups is 2. The Morgan fingerprint density at radius 1 is 0.656 bits per heavy atom. The molecular formula is C38H52F6N6O9S2. The van der Waals surface area contributed by atoms with E-state index in [4.69, 9.17) is 4.74 Å². The van der Waals surface area contributed by atoms with Gasteiger partial charge < -0.3 is 28.2 Å². The molecule has 2 aromatic heterocycles. The highest BCUT2D eigenvalue weighted by Gasteiger charge is 2.32. The highest BCUT2D eigenvalue weighted by molar-refractivity contribution is 7.92. The van der Waals surface area contributed by atoms with Crippen LogP contribution < -0.4 is 9.47 Å². The zero-order valence-electron chi connectivity index (χ0n) is 35.6. The summed E-state index contributed by atoms with van der Waals surface area (Å²) < 4.78 is 135. The van der Waals surface area contributed by atoms with Crippen molar-refractivity contribution in [3.8, 4) is 34.0 Å². The van der Waals surface area contributed by atoms with Crippen LogP contribution in [0.5, 0.6) is 11.5 Å². The van der Waals surface area contributed by atoms with Gasteiger partial charge in [-0.3, -0.25) is 14.5 Å². The lowest BCUT2D eigenvalue weighted by Crippen LogP contribution is -2.25. The molecule has 0 fully saturated rings. The van der Waals surface area contributed by atoms with Crippen LogP contribution in [0, 0.1) is 0 Å². The minimum absolute atomic E-state index is 0.0392. The molecule has 1 unspecified atom stereocenters. The van der Waals surface area contributed by atoms with Crippen LogP contribution in [0.1, 0.15) is 42.0 Å². The van der Waals surface area contributed by atoms with E-state index >= 15 is 0 Å². The summed E-state index contributed by atoms with van der Waals surface area (Å²) in [6, 6.07) is 10.1. The van der Waals surface area contributed by atoms with Gasteiger partial charge in [0, 0.05) is 43.8 Å². The zero-order valence-corrected chi connectivity index (χ0v) is 37.3. The Balaban J connectivity index is 0.000000490. The van der Waals surface area contributed by atoms with E-state index < -0.39 is 55.5 Å². The van der Waals surface area contributed by atoms with Crippen LogP contribution in [0.2, 0.25) is 0 Å². The number of alkyl halides is 6. The number of ether oxygens (including phenoxy) is 3. The number of carbonyl (C=O) groups excluding carboxylic acids is 2. The van der Waals surface area contributed by atoms with E-state index in [1.807, 2.05) is 52.0 Å². The maximum Gasteiger partial charge on any atom is 0.573 e. The van der Waals surface area contributed by atoms with Crippen molar-refractivity contribution >= 4 is 31.2 Å². The van der Waals surface area contributed by atoms with Crippen LogP contribution in [0.15, 0.2) is 60.9 Å². The lowest BCUT2D eigenvalue weighted by Gasteiger charge is -2.16. The van der Waals surface area contributed by atoms with Crippen molar-refractivity contribution in [2.24, 2.45) is 14.1 Å². The number of imidazole rings is 2. The summed E-state index contributed by atoms with van der Waals surface area (Å²) in [5, 5.41) is 0. The highest BCUT2D eigenvalue weighted by atomic mass is 32.2. The van der Waals surface area contributed by atoms with Crippen molar-refractivity contribution < 1.29 is 67.0 Å². The third-order valence-corrected chi connectivity index (χ3v) is 11.1. The minimum atomic E-state index is -4.78. The van der Waals surface area contributed by atoms with Gasteiger partial charge in [-0.05, 0) is 90.7 Å². The number of ketones is 2. The lowest BCUT2D eigenvalue weighted by molar-refractivity contribution is -0.275. The first kappa shape index (κ1) is 54.2. The molecule has 0 N–H and O–H groups in total. The topological polar surface area (TPSA) is 172 Å². The van der Waals surface area contributed by atoms with Crippen LogP contribution in [0.4, 0.5) is 26.3 Å². The molecule has 0 bridgehead atoms. The van der Waals surface area contributed by atoms with Crippen LogP contribution in [0.25, 0.3) is 22.5 Å². The summed E-state index contributed by atoms with van der Waals surface area (Å²) in [7, 11) is 7.73. The number of aromatic nitrogens is 4. The third kappa shape index (κ3) is 19.6. The van der Waals surface area contributed by atoms with Gasteiger partial charge in [0.25, 0.3) is 0 Å². The smallest absolute Gasteiger partial charge is 0.406 e. The fourth-order valence-electron chi connectivity index (χ4n) is 4.47. The van der Waals surface area contributed by atoms with E-state index in [-0.39, 0.29) is 40.9 Å². The summed E-state index contributed by atoms with van der Waals surface area (Å²) in [6.07, 6.45) is -6.62. The van der Waals surface area contributed by atoms with Gasteiger partial charge in [0.2, 0.25) is 11.6 Å². The standard InChI is InChI=1S/2C15H15F3N2O4S.C5H13NO.C3H9N/c2*1-3-25(22,23)9-13(21)14-19-8-12(20(14)2)10-4-6-11(7-5-10)24-15(16,17)18;1-5(7-4)6(2)3;1-4(2)3/h2*4-8H,3,9H2,1-2H3;5H,1-4H3;1-3H3. The number of hydrogen-bond acceptors (Lipinski definition) is 13. The van der Waals surface area contributed by atoms with E-state index in [1.165, 1.54) is 73.7 Å². The fraction of sp³-hybridized carbons (Fsp3) is 0.474. The highest BCUT2D eigenvalue weighted by Crippen LogP contribution is 2.28. The normalized spacial score (nSPS) is 12.3. The number of benzene rings is 2. The average Bonchev–Trinajstić information content (AvgIpc) is 3.72. The molecule has 61 heavy (non-hydrogen) atoms. The Kier molecular flexibility index (Phi) is 20.8. The van der Waals surface area contributed by atoms with E-state index in [1.54, 1.807) is 7.11 Å². The van der Waals surface area contributed by atoms with Crippen molar-refractivity contribution in [2.75, 3.05) is 65.4 Å². The Morgan fingerprint density at radius 3 is 1.16 bits per heavy atom. The third-order valence-electron chi connectivity index (χ3n) is 7.89. The van der Waals surface area contributed by atoms with Gasteiger partial charge in [-0.1, -0.05) is 13.8 Å². The van der Waals surface area contributed by atoms with Crippen molar-refractivity contribution in [1.82, 2.24) is 28.9 Å². The Hall–Kier alpha value is -4.84. The first-order chi connectivity index (χ1) is 28.0. The van der Waals surface area contributed by atoms with Gasteiger partial charge in [-0.15, -0.1) is 26.3 Å². The maximum atomic E-state index is 12.2. The van der Waals surface area contributed by atoms with Gasteiger partial charge in [0.15, 0.2) is 31.3 Å². The summed E-state index contributed by atoms with van der Waals surface area (Å²) in [4.78, 5) is 36.0. The SMILES string of the molecule is CCS(=O)(=O)CC(=O)c1ncc(-c2ccc(OC(F)(F)F)cc2)n1C.CCS(=O)(=O)CC(=O)c1ncc(-c2ccc(OC(F)(F)F)cc2)n1C.CN(C)C.COC(C)N(C)C. The summed E-state index contributed by atoms with van der Waals surface area (Å²) in [5.41, 5.74) is 1.91. The molecule has 0 saturated carbocycles. The predicted octanol–water partition coefficient (Wildman–Crippen LogP) is 5.92. The van der Waals surface area contributed by atoms with Crippen molar-refractivity contribution in [2.45, 2.75) is 39.7 Å². The Bertz CT molecular complexity index is 2070. The molecule has 15 nitrogen and oxygen atoms in total. The minimum Gasteiger partial charge on any atom is -0.406 e. The number of hydrogen-bond donors (Lipinski definition) is 0. The summed E-state index contributed by atoms with van der Waals surface area (Å²) >= 11 is 0. The monoisotopic (exact) mass is 914 g/mol. The van der Waals surface area contributed by atoms with E-state index in [0.29, 0.717) is 22.5 Å². The number of rotatable bonds is 14. The molecular weight excluding hydrogens is 863 g/mol. The number of sulfone groups is 2. The molecule has 4 aromatic rings. The molecule has 0 aliphatic heterocycles. The Morgan fingerprint density at radius 2 is 0.951 bits per heavy atom. The molecule has 0 saturated heterocycles. The quantitative estimate of drug-likeness (QED) is 0.0830. The van der Waals surface area contributed by atoms with Crippen molar-refractivity contribution in [3.05, 3.63) is 72.6 Å². The molecule has 1 atom stereocenters. The number of halogens is 6. The first-order valence-corrected chi connectivity index (χ1v) is 21.6. The van der Waals surface area contributed by atoms with Gasteiger partial charge in [0.1, 0.15) is 29.2 Å². The zero-order chi connectivity index (χ0) is 47.1. The van der Waals surface area contributed by atoms with E-state index in [2.05, 4.69) is 19.4 Å². The van der Waals surface area contributed by atoms with Gasteiger partial charge in [0.05, 0.1) is 23.8 Å². The first-order valence-electron chi connectivity index (χ1n) is 18.0. The summed E-state index contributed by atoms with van der Waals surface area (Å²) in [6.45, 7) is 4.88. The molecule has 342 valence electrons. The second kappa shape index (κ2) is 23.4. The molecule has 23 heteroatoms. The summed E-state index contributed by atoms with van der Waals surface area (Å²) in [5.74, 6) is -3.72. The average molecular weight is 915 g/mol. The van der Waals surface area contributed by atoms with E-state index in [0.717, 1.165) is 24.3 Å². The largest absolute Gasteiger partial charge is 0.573 e. The Labute approximate surface area is 352 Å². The van der Waals surface area contributed by atoms with Gasteiger partial charge >= 0.3 is 12.7 Å². The molecule has 2 aromatic carbocycles. The fourth-order valence-corrected chi connectivity index (χ4v) is 5.94. The molecule has 0 radical (unpaired) electrons. The van der Waals surface area contributed by atoms with Crippen molar-refractivity contribution in [1.29, 1.82) is 0 Å². The molecule has 0 aliphatic rings. The molecule has 0 spiro atoms. The van der Waals surface area contributed by atoms with Crippen LogP contribution in [-0.2, 0) is 38.5 Å². The van der Waals surface area contributed by atoms with Crippen LogP contribution >= 0.6 is 0 Å². The predicted molar refractivity (Wildman–Crippen MR) is 218 cm³/mol. The molecule has 0 aliphatic carbocycles. The number of Topliss-reactive ketones (excluding diaryl/α,β-unsaturated/α-hetero) is 2. The van der Waals surface area contributed by atoms with Crippen LogP contribution in [0.3, 0.4) is 0 Å². The van der Waals surface area contributed by atoms with E-state index in [9.17, 15) is 52.8 Å². The van der Waals surface area contributed by atoms with Crippen molar-refractivity contribution in [3.63, 3.8) is 0 Å². The lowest BCUT2D eigenvalue weighted by atomic mass is 10.1. The molecule has 4 rings (SSSR count). The van der Waals surface area contributed by atoms with Gasteiger partial charge in [-0.25, -0.2) is 26.8 Å². The maximum absolute atomic E-state index is 12.2. The number of methoxy groups -OCH3 is 1. The second-order valence-corrected chi connectivity index (χ2v) is 18.2. The molecule has 0 amide bonds. The number of nitrogens with zero attached hydrogens (tertiary/aromatic N) is 6. The second-order valence-electron chi connectivity index (χ2n) is 13.5. The van der Waals surface area contributed by atoms with Crippen LogP contribution in [-0.4, -0.2) is 142 Å². The van der Waals surface area contributed by atoms with Gasteiger partial charge in [-0.2, -0.15) is 0 Å². The molecule has 2 heterocycles.